The minimum atomic E-state index is -4.11. The molecule has 1 amide bonds. The first-order valence-electron chi connectivity index (χ1n) is 10.7. The van der Waals surface area contributed by atoms with Gasteiger partial charge in [-0.3, -0.25) is 9.59 Å². The van der Waals surface area contributed by atoms with Crippen molar-refractivity contribution in [3.8, 4) is 11.5 Å². The predicted molar refractivity (Wildman–Crippen MR) is 125 cm³/mol. The summed E-state index contributed by atoms with van der Waals surface area (Å²) in [4.78, 5) is 24.6. The van der Waals surface area contributed by atoms with E-state index < -0.39 is 40.7 Å². The van der Waals surface area contributed by atoms with Gasteiger partial charge in [0.15, 0.2) is 18.1 Å². The Kier molecular flexibility index (Phi) is 9.84. The van der Waals surface area contributed by atoms with Crippen LogP contribution >= 0.6 is 0 Å². The van der Waals surface area contributed by atoms with E-state index in [2.05, 4.69) is 10.0 Å². The van der Waals surface area contributed by atoms with Gasteiger partial charge in [-0.25, -0.2) is 8.42 Å². The standard InChI is InChI=1S/C23H30N2O8S/c1-5-31-19-12-9-17(13-20(19)32-6-2)24-21(27)14-33-23(28)22(16(4)26)25-34(29,30)18-10-7-15(3)8-11-18/h7-13,16,22,25-26H,5-6,14H2,1-4H3,(H,24,27)/t16-,22+/m0/s1. The number of nitrogens with one attached hydrogen (secondary N) is 2. The van der Waals surface area contributed by atoms with Crippen molar-refractivity contribution >= 4 is 27.6 Å². The van der Waals surface area contributed by atoms with Gasteiger partial charge in [-0.05, 0) is 52.0 Å². The van der Waals surface area contributed by atoms with Crippen LogP contribution in [0.2, 0.25) is 0 Å². The maximum atomic E-state index is 12.6. The van der Waals surface area contributed by atoms with Crippen molar-refractivity contribution in [2.75, 3.05) is 25.1 Å². The van der Waals surface area contributed by atoms with Crippen LogP contribution in [0.3, 0.4) is 0 Å². The van der Waals surface area contributed by atoms with Crippen molar-refractivity contribution in [1.29, 1.82) is 0 Å². The van der Waals surface area contributed by atoms with E-state index in [4.69, 9.17) is 14.2 Å². The van der Waals surface area contributed by atoms with Crippen LogP contribution in [-0.4, -0.2) is 57.4 Å². The van der Waals surface area contributed by atoms with Crippen molar-refractivity contribution in [2.24, 2.45) is 0 Å². The van der Waals surface area contributed by atoms with Crippen LogP contribution in [0.4, 0.5) is 5.69 Å². The minimum absolute atomic E-state index is 0.0742. The molecular formula is C23H30N2O8S. The van der Waals surface area contributed by atoms with E-state index in [-0.39, 0.29) is 4.90 Å². The summed E-state index contributed by atoms with van der Waals surface area (Å²) in [7, 11) is -4.11. The fraction of sp³-hybridized carbons (Fsp3) is 0.391. The minimum Gasteiger partial charge on any atom is -0.490 e. The van der Waals surface area contributed by atoms with Gasteiger partial charge in [0.2, 0.25) is 10.0 Å². The lowest BCUT2D eigenvalue weighted by Gasteiger charge is -2.20. The SMILES string of the molecule is CCOc1ccc(NC(=O)COC(=O)[C@H](NS(=O)(=O)c2ccc(C)cc2)[C@H](C)O)cc1OCC. The molecule has 2 atom stereocenters. The fourth-order valence-electron chi connectivity index (χ4n) is 2.85. The molecule has 0 fully saturated rings. The summed E-state index contributed by atoms with van der Waals surface area (Å²) in [6, 6.07) is 9.17. The quantitative estimate of drug-likeness (QED) is 0.381. The summed E-state index contributed by atoms with van der Waals surface area (Å²) < 4.78 is 43.2. The number of aliphatic hydroxyl groups excluding tert-OH is 1. The van der Waals surface area contributed by atoms with Gasteiger partial charge < -0.3 is 24.6 Å². The van der Waals surface area contributed by atoms with Gasteiger partial charge in [-0.15, -0.1) is 0 Å². The Bertz CT molecular complexity index is 1080. The number of benzene rings is 2. The van der Waals surface area contributed by atoms with E-state index in [1.165, 1.54) is 19.1 Å². The van der Waals surface area contributed by atoms with Gasteiger partial charge in [-0.2, -0.15) is 4.72 Å². The molecule has 0 spiro atoms. The van der Waals surface area contributed by atoms with Gasteiger partial charge in [0.1, 0.15) is 6.04 Å². The van der Waals surface area contributed by atoms with Crippen molar-refractivity contribution in [1.82, 2.24) is 4.72 Å². The van der Waals surface area contributed by atoms with E-state index in [1.54, 1.807) is 37.3 Å². The monoisotopic (exact) mass is 494 g/mol. The van der Waals surface area contributed by atoms with Gasteiger partial charge in [0, 0.05) is 11.8 Å². The molecule has 0 unspecified atom stereocenters. The summed E-state index contributed by atoms with van der Waals surface area (Å²) in [5, 5.41) is 12.5. The maximum absolute atomic E-state index is 12.6. The first-order valence-corrected chi connectivity index (χ1v) is 12.2. The third-order valence-corrected chi connectivity index (χ3v) is 5.98. The number of anilines is 1. The number of carbonyl (C=O) groups is 2. The highest BCUT2D eigenvalue weighted by Gasteiger charge is 2.31. The number of aliphatic hydroxyl groups is 1. The molecule has 0 aromatic heterocycles. The molecule has 10 nitrogen and oxygen atoms in total. The molecular weight excluding hydrogens is 464 g/mol. The molecule has 186 valence electrons. The number of ether oxygens (including phenoxy) is 3. The highest BCUT2D eigenvalue weighted by atomic mass is 32.2. The molecule has 0 bridgehead atoms. The fourth-order valence-corrected chi connectivity index (χ4v) is 4.11. The Morgan fingerprint density at radius 2 is 1.62 bits per heavy atom. The summed E-state index contributed by atoms with van der Waals surface area (Å²) in [6.07, 6.45) is -1.41. The third kappa shape index (κ3) is 7.72. The smallest absolute Gasteiger partial charge is 0.327 e. The second-order valence-corrected chi connectivity index (χ2v) is 9.05. The van der Waals surface area contributed by atoms with Crippen LogP contribution in [-0.2, 0) is 24.3 Å². The second kappa shape index (κ2) is 12.4. The first-order chi connectivity index (χ1) is 16.1. The number of aryl methyl sites for hydroxylation is 1. The molecule has 0 heterocycles. The Hall–Kier alpha value is -3.15. The zero-order chi connectivity index (χ0) is 25.3. The highest BCUT2D eigenvalue weighted by molar-refractivity contribution is 7.89. The number of hydrogen-bond donors (Lipinski definition) is 3. The average molecular weight is 495 g/mol. The molecule has 0 aliphatic carbocycles. The van der Waals surface area contributed by atoms with Crippen LogP contribution in [0, 0.1) is 6.92 Å². The lowest BCUT2D eigenvalue weighted by molar-refractivity contribution is -0.151. The average Bonchev–Trinajstić information content (AvgIpc) is 2.78. The number of amides is 1. The summed E-state index contributed by atoms with van der Waals surface area (Å²) in [5.74, 6) is -0.790. The summed E-state index contributed by atoms with van der Waals surface area (Å²) in [5.41, 5.74) is 1.25. The van der Waals surface area contributed by atoms with Crippen LogP contribution in [0.25, 0.3) is 0 Å². The molecule has 0 saturated carbocycles. The topological polar surface area (TPSA) is 140 Å². The normalized spacial score (nSPS) is 13.0. The molecule has 0 radical (unpaired) electrons. The molecule has 2 rings (SSSR count). The highest BCUT2D eigenvalue weighted by Crippen LogP contribution is 2.30. The summed E-state index contributed by atoms with van der Waals surface area (Å²) >= 11 is 0. The Morgan fingerprint density at radius 1 is 1.00 bits per heavy atom. The van der Waals surface area contributed by atoms with E-state index in [9.17, 15) is 23.1 Å². The second-order valence-electron chi connectivity index (χ2n) is 7.34. The van der Waals surface area contributed by atoms with E-state index in [0.29, 0.717) is 30.4 Å². The van der Waals surface area contributed by atoms with Gasteiger partial charge in [-0.1, -0.05) is 17.7 Å². The molecule has 2 aromatic carbocycles. The molecule has 0 saturated heterocycles. The molecule has 2 aromatic rings. The molecule has 34 heavy (non-hydrogen) atoms. The molecule has 3 N–H and O–H groups in total. The lowest BCUT2D eigenvalue weighted by atomic mass is 10.2. The van der Waals surface area contributed by atoms with E-state index >= 15 is 0 Å². The number of hydrogen-bond acceptors (Lipinski definition) is 8. The van der Waals surface area contributed by atoms with Gasteiger partial charge >= 0.3 is 5.97 Å². The van der Waals surface area contributed by atoms with Crippen LogP contribution < -0.4 is 19.5 Å². The van der Waals surface area contributed by atoms with Gasteiger partial charge in [0.05, 0.1) is 24.2 Å². The number of esters is 1. The lowest BCUT2D eigenvalue weighted by Crippen LogP contribution is -2.48. The van der Waals surface area contributed by atoms with E-state index in [0.717, 1.165) is 5.56 Å². The zero-order valence-electron chi connectivity index (χ0n) is 19.5. The van der Waals surface area contributed by atoms with Crippen molar-refractivity contribution in [3.63, 3.8) is 0 Å². The predicted octanol–water partition coefficient (Wildman–Crippen LogP) is 2.00. The van der Waals surface area contributed by atoms with E-state index in [1.807, 2.05) is 13.8 Å². The van der Waals surface area contributed by atoms with Gasteiger partial charge in [0.25, 0.3) is 5.91 Å². The van der Waals surface area contributed by atoms with Crippen molar-refractivity contribution < 1.29 is 37.3 Å². The zero-order valence-corrected chi connectivity index (χ0v) is 20.3. The molecule has 0 aliphatic heterocycles. The largest absolute Gasteiger partial charge is 0.490 e. The Morgan fingerprint density at radius 3 is 2.21 bits per heavy atom. The first kappa shape index (κ1) is 27.1. The number of sulfonamides is 1. The van der Waals surface area contributed by atoms with Crippen molar-refractivity contribution in [2.45, 2.75) is 44.7 Å². The molecule has 0 aliphatic rings. The Balaban J connectivity index is 2.01. The maximum Gasteiger partial charge on any atom is 0.327 e. The Labute approximate surface area is 199 Å². The van der Waals surface area contributed by atoms with Crippen LogP contribution in [0.1, 0.15) is 26.3 Å². The third-order valence-electron chi connectivity index (χ3n) is 4.52. The van der Waals surface area contributed by atoms with Crippen LogP contribution in [0.5, 0.6) is 11.5 Å². The molecule has 11 heteroatoms. The number of carbonyl (C=O) groups excluding carboxylic acids is 2. The summed E-state index contributed by atoms with van der Waals surface area (Å²) in [6.45, 7) is 6.83. The number of rotatable bonds is 12. The van der Waals surface area contributed by atoms with Crippen LogP contribution in [0.15, 0.2) is 47.4 Å². The van der Waals surface area contributed by atoms with Crippen molar-refractivity contribution in [3.05, 3.63) is 48.0 Å².